The van der Waals surface area contributed by atoms with Gasteiger partial charge in [-0.25, -0.2) is 9.83 Å². The van der Waals surface area contributed by atoms with Crippen LogP contribution in [0, 0.1) is 6.57 Å². The molecule has 0 fully saturated rings. The second-order valence-electron chi connectivity index (χ2n) is 16.8. The molecule has 63 heavy (non-hydrogen) atoms. The monoisotopic (exact) mass is 806 g/mol. The van der Waals surface area contributed by atoms with E-state index >= 15 is 0 Å². The van der Waals surface area contributed by atoms with Gasteiger partial charge in [0.1, 0.15) is 0 Å². The van der Waals surface area contributed by atoms with E-state index in [-0.39, 0.29) is 5.41 Å². The topological polar surface area (TPSA) is 51.2 Å². The second-order valence-corrected chi connectivity index (χ2v) is 16.8. The smallest absolute Gasteiger partial charge is 0.238 e. The van der Waals surface area contributed by atoms with Crippen LogP contribution in [0.4, 0.5) is 23.0 Å². The van der Waals surface area contributed by atoms with Crippen LogP contribution in [0.2, 0.25) is 0 Å². The van der Waals surface area contributed by atoms with Gasteiger partial charge in [-0.2, -0.15) is 9.97 Å². The first kappa shape index (κ1) is 36.5. The van der Waals surface area contributed by atoms with Gasteiger partial charge in [-0.15, -0.1) is 0 Å². The molecule has 2 heterocycles. The Morgan fingerprint density at radius 3 is 1.78 bits per heavy atom. The third-order valence-electron chi connectivity index (χ3n) is 12.8. The fourth-order valence-electron chi connectivity index (χ4n) is 9.78. The van der Waals surface area contributed by atoms with Crippen molar-refractivity contribution in [2.24, 2.45) is 0 Å². The largest absolute Gasteiger partial charge is 0.309 e. The maximum atomic E-state index is 7.66. The van der Waals surface area contributed by atoms with E-state index in [0.717, 1.165) is 28.2 Å². The van der Waals surface area contributed by atoms with Crippen LogP contribution >= 0.6 is 0 Å². The lowest BCUT2D eigenvalue weighted by Gasteiger charge is -2.27. The molecule has 6 heteroatoms. The van der Waals surface area contributed by atoms with Crippen LogP contribution in [0.15, 0.2) is 194 Å². The molecule has 0 radical (unpaired) electrons. The number of benzene rings is 9. The van der Waals surface area contributed by atoms with Gasteiger partial charge < -0.3 is 4.57 Å². The standard InChI is InChI=1S/C57H38N6/c1-57(2)48-34-39(44-32-33-51-53-47(44)30-22-36-18-13-21-50(52(36)53)63(51)41-19-11-6-12-20-41)23-29-45(48)46-31-28-43(35-49(46)57)62(42-26-24-40(58-3)25-27-42)56-60-54(37-14-7-4-8-15-37)59-55(61-56)38-16-9-5-10-17-38/h4-35H,1-2H3. The van der Waals surface area contributed by atoms with Crippen LogP contribution in [0.25, 0.3) is 88.1 Å². The molecule has 1 aliphatic carbocycles. The summed E-state index contributed by atoms with van der Waals surface area (Å²) in [6.07, 6.45) is 0. The lowest BCUT2D eigenvalue weighted by Crippen LogP contribution is -2.18. The lowest BCUT2D eigenvalue weighted by atomic mass is 9.81. The van der Waals surface area contributed by atoms with E-state index in [4.69, 9.17) is 21.5 Å². The van der Waals surface area contributed by atoms with Gasteiger partial charge in [-0.1, -0.05) is 153 Å². The Bertz CT molecular complexity index is 3530. The van der Waals surface area contributed by atoms with Crippen molar-refractivity contribution in [2.45, 2.75) is 19.3 Å². The minimum Gasteiger partial charge on any atom is -0.309 e. The molecule has 1 aliphatic rings. The normalized spacial score (nSPS) is 12.7. The minimum atomic E-state index is -0.326. The van der Waals surface area contributed by atoms with Gasteiger partial charge in [0.2, 0.25) is 5.95 Å². The zero-order valence-electron chi connectivity index (χ0n) is 34.7. The Kier molecular flexibility index (Phi) is 8.15. The second kappa shape index (κ2) is 14.1. The first-order valence-corrected chi connectivity index (χ1v) is 21.2. The Morgan fingerprint density at radius 1 is 0.492 bits per heavy atom. The van der Waals surface area contributed by atoms with E-state index in [1.54, 1.807) is 0 Å². The van der Waals surface area contributed by atoms with E-state index in [1.165, 1.54) is 66.0 Å². The Morgan fingerprint density at radius 2 is 1.10 bits per heavy atom. The van der Waals surface area contributed by atoms with E-state index in [0.29, 0.717) is 23.3 Å². The van der Waals surface area contributed by atoms with Gasteiger partial charge >= 0.3 is 0 Å². The van der Waals surface area contributed by atoms with Crippen LogP contribution in [0.1, 0.15) is 25.0 Å². The molecule has 0 saturated carbocycles. The van der Waals surface area contributed by atoms with Gasteiger partial charge in [-0.05, 0) is 98.8 Å². The number of hydrogen-bond acceptors (Lipinski definition) is 4. The van der Waals surface area contributed by atoms with Crippen LogP contribution in [-0.4, -0.2) is 19.5 Å². The van der Waals surface area contributed by atoms with E-state index in [2.05, 4.69) is 137 Å². The molecule has 11 aromatic rings. The van der Waals surface area contributed by atoms with Crippen molar-refractivity contribution in [2.75, 3.05) is 4.90 Å². The predicted molar refractivity (Wildman–Crippen MR) is 258 cm³/mol. The molecule has 0 saturated heterocycles. The highest BCUT2D eigenvalue weighted by atomic mass is 15.3. The summed E-state index contributed by atoms with van der Waals surface area (Å²) in [5, 5.41) is 5.10. The quantitative estimate of drug-likeness (QED) is 0.119. The Balaban J connectivity index is 0.995. The zero-order valence-corrected chi connectivity index (χ0v) is 34.7. The molecule has 9 aromatic carbocycles. The van der Waals surface area contributed by atoms with Crippen LogP contribution in [0.5, 0.6) is 0 Å². The summed E-state index contributed by atoms with van der Waals surface area (Å²) in [6.45, 7) is 12.3. The van der Waals surface area contributed by atoms with E-state index in [1.807, 2.05) is 84.9 Å². The third-order valence-corrected chi connectivity index (χ3v) is 12.8. The summed E-state index contributed by atoms with van der Waals surface area (Å²) in [5.74, 6) is 1.65. The van der Waals surface area contributed by atoms with Crippen molar-refractivity contribution in [1.82, 2.24) is 19.5 Å². The first-order chi connectivity index (χ1) is 30.9. The summed E-state index contributed by atoms with van der Waals surface area (Å²) in [4.78, 5) is 21.1. The average molecular weight is 807 g/mol. The molecular weight excluding hydrogens is 769 g/mol. The molecule has 0 unspecified atom stereocenters. The predicted octanol–water partition coefficient (Wildman–Crippen LogP) is 14.9. The summed E-state index contributed by atoms with van der Waals surface area (Å²) in [7, 11) is 0. The summed E-state index contributed by atoms with van der Waals surface area (Å²) < 4.78 is 2.40. The van der Waals surface area contributed by atoms with Crippen molar-refractivity contribution in [3.05, 3.63) is 217 Å². The van der Waals surface area contributed by atoms with Gasteiger partial charge in [0.05, 0.1) is 17.6 Å². The molecule has 0 spiro atoms. The maximum absolute atomic E-state index is 7.66. The van der Waals surface area contributed by atoms with Gasteiger partial charge in [0.25, 0.3) is 0 Å². The molecule has 12 rings (SSSR count). The Hall–Kier alpha value is -8.40. The highest BCUT2D eigenvalue weighted by molar-refractivity contribution is 6.26. The van der Waals surface area contributed by atoms with E-state index < -0.39 is 0 Å². The van der Waals surface area contributed by atoms with Gasteiger partial charge in [0.15, 0.2) is 17.3 Å². The molecule has 0 atom stereocenters. The molecule has 296 valence electrons. The summed E-state index contributed by atoms with van der Waals surface area (Å²) in [6, 6.07) is 67.9. The number of anilines is 3. The number of fused-ring (bicyclic) bond motifs is 3. The van der Waals surface area contributed by atoms with E-state index in [9.17, 15) is 0 Å². The number of rotatable bonds is 7. The fourth-order valence-corrected chi connectivity index (χ4v) is 9.78. The minimum absolute atomic E-state index is 0.326. The van der Waals surface area contributed by atoms with Crippen molar-refractivity contribution in [3.8, 4) is 50.7 Å². The molecule has 0 amide bonds. The molecule has 6 nitrogen and oxygen atoms in total. The van der Waals surface area contributed by atoms with Gasteiger partial charge in [0, 0.05) is 44.4 Å². The maximum Gasteiger partial charge on any atom is 0.238 e. The van der Waals surface area contributed by atoms with Crippen molar-refractivity contribution >= 4 is 55.6 Å². The SMILES string of the molecule is [C-]#[N+]c1ccc(N(c2ccc3c(c2)C(C)(C)c2cc(-c4ccc5c6c4ccc4cccc(c46)n5-c4ccccc4)ccc2-3)c2nc(-c3ccccc3)nc(-c3ccccc3)n2)cc1. The zero-order chi connectivity index (χ0) is 42.2. The molecule has 0 aliphatic heterocycles. The lowest BCUT2D eigenvalue weighted by molar-refractivity contribution is 0.660. The number of para-hydroxylation sites is 1. The molecule has 0 N–H and O–H groups in total. The molecule has 2 aromatic heterocycles. The summed E-state index contributed by atoms with van der Waals surface area (Å²) >= 11 is 0. The van der Waals surface area contributed by atoms with Crippen molar-refractivity contribution in [3.63, 3.8) is 0 Å². The molecule has 0 bridgehead atoms. The summed E-state index contributed by atoms with van der Waals surface area (Å²) in [5.41, 5.74) is 14.8. The van der Waals surface area contributed by atoms with Crippen LogP contribution < -0.4 is 4.90 Å². The van der Waals surface area contributed by atoms with Crippen LogP contribution in [-0.2, 0) is 5.41 Å². The first-order valence-electron chi connectivity index (χ1n) is 21.2. The highest BCUT2D eigenvalue weighted by Gasteiger charge is 2.37. The van der Waals surface area contributed by atoms with Crippen molar-refractivity contribution < 1.29 is 0 Å². The number of nitrogens with zero attached hydrogens (tertiary/aromatic N) is 6. The van der Waals surface area contributed by atoms with Gasteiger partial charge in [-0.3, -0.25) is 4.90 Å². The molecular formula is C57H38N6. The number of aromatic nitrogens is 4. The highest BCUT2D eigenvalue weighted by Crippen LogP contribution is 2.52. The average Bonchev–Trinajstić information content (AvgIpc) is 3.80. The van der Waals surface area contributed by atoms with Crippen LogP contribution in [0.3, 0.4) is 0 Å². The van der Waals surface area contributed by atoms with Crippen molar-refractivity contribution in [1.29, 1.82) is 0 Å². The number of hydrogen-bond donors (Lipinski definition) is 0. The fraction of sp³-hybridized carbons (Fsp3) is 0.0526. The third kappa shape index (κ3) is 5.75. The Labute approximate surface area is 365 Å².